The fourth-order valence-corrected chi connectivity index (χ4v) is 3.48. The van der Waals surface area contributed by atoms with Crippen molar-refractivity contribution in [2.45, 2.75) is 36.0 Å². The number of hydrogen-bond donors (Lipinski definition) is 1. The van der Waals surface area contributed by atoms with E-state index in [0.717, 1.165) is 12.8 Å². The molecule has 6 heteroatoms. The van der Waals surface area contributed by atoms with E-state index < -0.39 is 0 Å². The van der Waals surface area contributed by atoms with Gasteiger partial charge in [-0.3, -0.25) is 4.79 Å². The molecule has 1 aliphatic heterocycles. The van der Waals surface area contributed by atoms with Crippen LogP contribution >= 0.6 is 11.8 Å². The molecular weight excluding hydrogens is 312 g/mol. The summed E-state index contributed by atoms with van der Waals surface area (Å²) < 4.78 is 10.9. The fourth-order valence-electron chi connectivity index (χ4n) is 2.53. The number of oxazole rings is 1. The zero-order chi connectivity index (χ0) is 16.1. The van der Waals surface area contributed by atoms with Crippen molar-refractivity contribution in [2.24, 2.45) is 0 Å². The molecule has 0 unspecified atom stereocenters. The van der Waals surface area contributed by atoms with E-state index in [1.54, 1.807) is 11.8 Å². The van der Waals surface area contributed by atoms with Crippen molar-refractivity contribution < 1.29 is 13.9 Å². The molecule has 1 aromatic heterocycles. The van der Waals surface area contributed by atoms with Crippen molar-refractivity contribution in [1.29, 1.82) is 0 Å². The van der Waals surface area contributed by atoms with Crippen LogP contribution in [0.5, 0.6) is 0 Å². The molecule has 0 bridgehead atoms. The lowest BCUT2D eigenvalue weighted by Gasteiger charge is -2.13. The van der Waals surface area contributed by atoms with Gasteiger partial charge in [-0.15, -0.1) is 11.8 Å². The van der Waals surface area contributed by atoms with Crippen molar-refractivity contribution in [3.63, 3.8) is 0 Å². The number of thioether (sulfide) groups is 1. The highest BCUT2D eigenvalue weighted by atomic mass is 32.2. The second-order valence-corrected chi connectivity index (χ2v) is 7.03. The molecule has 1 N–H and O–H groups in total. The van der Waals surface area contributed by atoms with Crippen LogP contribution in [0.3, 0.4) is 0 Å². The van der Waals surface area contributed by atoms with E-state index in [2.05, 4.69) is 29.4 Å². The van der Waals surface area contributed by atoms with E-state index in [1.165, 1.54) is 11.3 Å². The molecule has 122 valence electrons. The Morgan fingerprint density at radius 1 is 1.43 bits per heavy atom. The Kier molecular flexibility index (Phi) is 5.35. The molecule has 3 rings (SSSR count). The molecule has 1 saturated heterocycles. The predicted octanol–water partition coefficient (Wildman–Crippen LogP) is 3.44. The van der Waals surface area contributed by atoms with Gasteiger partial charge in [0, 0.05) is 23.3 Å². The van der Waals surface area contributed by atoms with E-state index in [1.807, 2.05) is 18.2 Å². The van der Waals surface area contributed by atoms with Crippen LogP contribution in [0, 0.1) is 0 Å². The number of nitrogens with zero attached hydrogens (tertiary/aromatic N) is 1. The zero-order valence-electron chi connectivity index (χ0n) is 13.0. The quantitative estimate of drug-likeness (QED) is 0.821. The van der Waals surface area contributed by atoms with Crippen LogP contribution in [-0.4, -0.2) is 29.3 Å². The van der Waals surface area contributed by atoms with Gasteiger partial charge >= 0.3 is 0 Å². The molecule has 1 aromatic carbocycles. The normalized spacial score (nSPS) is 18.7. The number of amides is 1. The minimum Gasteiger partial charge on any atom is -0.445 e. The summed E-state index contributed by atoms with van der Waals surface area (Å²) in [7, 11) is 0. The lowest BCUT2D eigenvalue weighted by molar-refractivity contribution is 0.0862. The molecule has 1 aliphatic rings. The highest BCUT2D eigenvalue weighted by Crippen LogP contribution is 2.30. The molecule has 2 heterocycles. The van der Waals surface area contributed by atoms with Crippen LogP contribution in [-0.2, 0) is 4.74 Å². The van der Waals surface area contributed by atoms with Crippen molar-refractivity contribution in [3.05, 3.63) is 48.2 Å². The van der Waals surface area contributed by atoms with Gasteiger partial charge in [0.05, 0.1) is 0 Å². The number of nitrogens with one attached hydrogen (secondary N) is 1. The van der Waals surface area contributed by atoms with Gasteiger partial charge in [-0.2, -0.15) is 0 Å². The zero-order valence-corrected chi connectivity index (χ0v) is 13.8. The first-order valence-electron chi connectivity index (χ1n) is 7.79. The Balaban J connectivity index is 1.54. The first-order chi connectivity index (χ1) is 11.2. The Hall–Kier alpha value is -1.79. The SMILES string of the molecule is C[C@H](CNC(=O)c1ncoc1[C@@H]1CCCO1)Sc1ccccc1. The maximum Gasteiger partial charge on any atom is 0.273 e. The van der Waals surface area contributed by atoms with Gasteiger partial charge in [-0.1, -0.05) is 25.1 Å². The Morgan fingerprint density at radius 3 is 3.00 bits per heavy atom. The molecule has 0 spiro atoms. The molecule has 2 aromatic rings. The van der Waals surface area contributed by atoms with Crippen molar-refractivity contribution in [1.82, 2.24) is 10.3 Å². The summed E-state index contributed by atoms with van der Waals surface area (Å²) in [5.74, 6) is 0.341. The van der Waals surface area contributed by atoms with Gasteiger partial charge in [-0.05, 0) is 25.0 Å². The van der Waals surface area contributed by atoms with Crippen molar-refractivity contribution in [3.8, 4) is 0 Å². The molecular formula is C17H20N2O3S. The summed E-state index contributed by atoms with van der Waals surface area (Å²) in [5, 5.41) is 3.19. The Bertz CT molecular complexity index is 638. The molecule has 23 heavy (non-hydrogen) atoms. The molecule has 1 fully saturated rings. The number of rotatable bonds is 6. The highest BCUT2D eigenvalue weighted by molar-refractivity contribution is 8.00. The number of ether oxygens (including phenoxy) is 1. The first-order valence-corrected chi connectivity index (χ1v) is 8.67. The van der Waals surface area contributed by atoms with Gasteiger partial charge in [0.15, 0.2) is 17.8 Å². The summed E-state index contributed by atoms with van der Waals surface area (Å²) in [6.45, 7) is 3.36. The monoisotopic (exact) mass is 332 g/mol. The first kappa shape index (κ1) is 16.1. The average molecular weight is 332 g/mol. The minimum atomic E-state index is -0.204. The fraction of sp³-hybridized carbons (Fsp3) is 0.412. The van der Waals surface area contributed by atoms with Gasteiger partial charge < -0.3 is 14.5 Å². The lowest BCUT2D eigenvalue weighted by Crippen LogP contribution is -2.30. The van der Waals surface area contributed by atoms with Crippen LogP contribution in [0.15, 0.2) is 46.0 Å². The van der Waals surface area contributed by atoms with E-state index in [4.69, 9.17) is 9.15 Å². The molecule has 5 nitrogen and oxygen atoms in total. The summed E-state index contributed by atoms with van der Waals surface area (Å²) in [6.07, 6.45) is 3.02. The van der Waals surface area contributed by atoms with E-state index in [-0.39, 0.29) is 17.3 Å². The Morgan fingerprint density at radius 2 is 2.26 bits per heavy atom. The maximum absolute atomic E-state index is 12.3. The van der Waals surface area contributed by atoms with Gasteiger partial charge in [-0.25, -0.2) is 4.98 Å². The second-order valence-electron chi connectivity index (χ2n) is 5.52. The second kappa shape index (κ2) is 7.66. The molecule has 0 saturated carbocycles. The van der Waals surface area contributed by atoms with Crippen molar-refractivity contribution >= 4 is 17.7 Å². The van der Waals surface area contributed by atoms with E-state index >= 15 is 0 Å². The van der Waals surface area contributed by atoms with Crippen LogP contribution in [0.2, 0.25) is 0 Å². The van der Waals surface area contributed by atoms with E-state index in [0.29, 0.717) is 24.6 Å². The molecule has 0 radical (unpaired) electrons. The standard InChI is InChI=1S/C17H20N2O3S/c1-12(23-13-6-3-2-4-7-13)10-18-17(20)15-16(22-11-19-15)14-8-5-9-21-14/h2-4,6-7,11-12,14H,5,8-10H2,1H3,(H,18,20)/t12-,14+/m1/s1. The molecule has 1 amide bonds. The third-order valence-corrected chi connectivity index (χ3v) is 4.78. The summed E-state index contributed by atoms with van der Waals surface area (Å²) in [5.41, 5.74) is 0.341. The average Bonchev–Trinajstić information content (AvgIpc) is 3.24. The van der Waals surface area contributed by atoms with E-state index in [9.17, 15) is 4.79 Å². The predicted molar refractivity (Wildman–Crippen MR) is 88.5 cm³/mol. The maximum atomic E-state index is 12.3. The summed E-state index contributed by atoms with van der Waals surface area (Å²) in [6, 6.07) is 10.1. The highest BCUT2D eigenvalue weighted by Gasteiger charge is 2.27. The lowest BCUT2D eigenvalue weighted by atomic mass is 10.1. The largest absolute Gasteiger partial charge is 0.445 e. The van der Waals surface area contributed by atoms with Gasteiger partial charge in [0.25, 0.3) is 5.91 Å². The number of carbonyl (C=O) groups is 1. The topological polar surface area (TPSA) is 64.4 Å². The molecule has 0 aliphatic carbocycles. The number of hydrogen-bond acceptors (Lipinski definition) is 5. The third kappa shape index (κ3) is 4.14. The number of aromatic nitrogens is 1. The minimum absolute atomic E-state index is 0.144. The third-order valence-electron chi connectivity index (χ3n) is 3.66. The van der Waals surface area contributed by atoms with Gasteiger partial charge in [0.2, 0.25) is 0 Å². The number of benzene rings is 1. The van der Waals surface area contributed by atoms with Crippen LogP contribution in [0.25, 0.3) is 0 Å². The number of carbonyl (C=O) groups excluding carboxylic acids is 1. The smallest absolute Gasteiger partial charge is 0.273 e. The molecule has 2 atom stereocenters. The van der Waals surface area contributed by atoms with Gasteiger partial charge in [0.1, 0.15) is 6.10 Å². The Labute approximate surface area is 139 Å². The van der Waals surface area contributed by atoms with Crippen LogP contribution in [0.4, 0.5) is 0 Å². The van der Waals surface area contributed by atoms with Crippen LogP contribution < -0.4 is 5.32 Å². The summed E-state index contributed by atoms with van der Waals surface area (Å²) >= 11 is 1.73. The van der Waals surface area contributed by atoms with Crippen LogP contribution in [0.1, 0.15) is 42.1 Å². The summed E-state index contributed by atoms with van der Waals surface area (Å²) in [4.78, 5) is 17.6. The van der Waals surface area contributed by atoms with Crippen molar-refractivity contribution in [2.75, 3.05) is 13.2 Å².